The fourth-order valence-corrected chi connectivity index (χ4v) is 1.97. The number of hydrogen-bond donors (Lipinski definition) is 3. The number of rotatable bonds is 7. The molecule has 6 heteroatoms. The number of anilines is 2. The van der Waals surface area contributed by atoms with Crippen LogP contribution in [0.1, 0.15) is 5.56 Å². The Morgan fingerprint density at radius 2 is 1.90 bits per heavy atom. The van der Waals surface area contributed by atoms with Crippen LogP contribution in [0, 0.1) is 0 Å². The van der Waals surface area contributed by atoms with E-state index in [-0.39, 0.29) is 0 Å². The molecule has 6 nitrogen and oxygen atoms in total. The van der Waals surface area contributed by atoms with E-state index in [0.717, 1.165) is 30.2 Å². The Kier molecular flexibility index (Phi) is 5.22. The van der Waals surface area contributed by atoms with Crippen LogP contribution in [0.4, 0.5) is 11.5 Å². The third-order valence-corrected chi connectivity index (χ3v) is 3.10. The van der Waals surface area contributed by atoms with Gasteiger partial charge >= 0.3 is 0 Å². The average molecular weight is 288 g/mol. The maximum atomic E-state index is 5.29. The molecule has 21 heavy (non-hydrogen) atoms. The summed E-state index contributed by atoms with van der Waals surface area (Å²) >= 11 is 0. The van der Waals surface area contributed by atoms with Crippen LogP contribution < -0.4 is 26.1 Å². The highest BCUT2D eigenvalue weighted by Crippen LogP contribution is 2.27. The number of pyridine rings is 1. The molecule has 0 amide bonds. The zero-order valence-corrected chi connectivity index (χ0v) is 12.2. The maximum Gasteiger partial charge on any atom is 0.160 e. The second-order valence-corrected chi connectivity index (χ2v) is 4.44. The molecule has 0 aliphatic carbocycles. The predicted octanol–water partition coefficient (Wildman–Crippen LogP) is 2.04. The first kappa shape index (κ1) is 14.9. The summed E-state index contributed by atoms with van der Waals surface area (Å²) in [6, 6.07) is 9.68. The van der Waals surface area contributed by atoms with Gasteiger partial charge in [0.1, 0.15) is 5.82 Å². The van der Waals surface area contributed by atoms with Crippen LogP contribution in [0.5, 0.6) is 11.5 Å². The Morgan fingerprint density at radius 1 is 1.10 bits per heavy atom. The highest BCUT2D eigenvalue weighted by molar-refractivity contribution is 5.47. The molecule has 0 aliphatic rings. The van der Waals surface area contributed by atoms with E-state index in [2.05, 4.69) is 15.7 Å². The van der Waals surface area contributed by atoms with Gasteiger partial charge in [-0.2, -0.15) is 0 Å². The van der Waals surface area contributed by atoms with E-state index in [1.807, 2.05) is 30.3 Å². The first-order valence-corrected chi connectivity index (χ1v) is 6.64. The number of methoxy groups -OCH3 is 2. The van der Waals surface area contributed by atoms with Crippen LogP contribution in [-0.4, -0.2) is 25.7 Å². The Balaban J connectivity index is 1.90. The van der Waals surface area contributed by atoms with E-state index in [4.69, 9.17) is 15.3 Å². The number of nitrogens with zero attached hydrogens (tertiary/aromatic N) is 1. The molecular formula is C15H20N4O2. The van der Waals surface area contributed by atoms with Gasteiger partial charge in [0, 0.05) is 6.54 Å². The van der Waals surface area contributed by atoms with Crippen LogP contribution in [0.15, 0.2) is 36.5 Å². The summed E-state index contributed by atoms with van der Waals surface area (Å²) in [4.78, 5) is 4.14. The van der Waals surface area contributed by atoms with E-state index in [9.17, 15) is 0 Å². The monoisotopic (exact) mass is 288 g/mol. The van der Waals surface area contributed by atoms with Crippen LogP contribution in [0.3, 0.4) is 0 Å². The maximum absolute atomic E-state index is 5.29. The Labute approximate surface area is 124 Å². The van der Waals surface area contributed by atoms with Crippen LogP contribution in [-0.2, 0) is 6.42 Å². The minimum atomic E-state index is 0.639. The SMILES string of the molecule is COc1ccc(CCNc2ccc(NN)nc2)cc1OC. The fourth-order valence-electron chi connectivity index (χ4n) is 1.97. The van der Waals surface area contributed by atoms with Gasteiger partial charge in [-0.05, 0) is 36.2 Å². The molecule has 0 bridgehead atoms. The third kappa shape index (κ3) is 4.00. The summed E-state index contributed by atoms with van der Waals surface area (Å²) in [5.41, 5.74) is 4.62. The van der Waals surface area contributed by atoms with Crippen molar-refractivity contribution in [1.29, 1.82) is 0 Å². The number of benzene rings is 1. The van der Waals surface area contributed by atoms with Crippen LogP contribution in [0.25, 0.3) is 0 Å². The number of nitrogens with one attached hydrogen (secondary N) is 2. The molecule has 0 saturated heterocycles. The second kappa shape index (κ2) is 7.35. The number of ether oxygens (including phenoxy) is 2. The van der Waals surface area contributed by atoms with Crippen molar-refractivity contribution in [3.63, 3.8) is 0 Å². The van der Waals surface area contributed by atoms with E-state index in [0.29, 0.717) is 5.82 Å². The molecule has 0 unspecified atom stereocenters. The number of hydrogen-bond acceptors (Lipinski definition) is 6. The molecule has 0 aliphatic heterocycles. The van der Waals surface area contributed by atoms with Gasteiger partial charge in [-0.1, -0.05) is 6.07 Å². The molecule has 1 aromatic carbocycles. The molecule has 1 heterocycles. The van der Waals surface area contributed by atoms with Gasteiger partial charge in [0.2, 0.25) is 0 Å². The topological polar surface area (TPSA) is 81.4 Å². The highest BCUT2D eigenvalue weighted by atomic mass is 16.5. The molecule has 112 valence electrons. The molecule has 0 saturated carbocycles. The first-order chi connectivity index (χ1) is 10.3. The zero-order valence-electron chi connectivity index (χ0n) is 12.2. The predicted molar refractivity (Wildman–Crippen MR) is 83.8 cm³/mol. The van der Waals surface area contributed by atoms with Gasteiger partial charge in [-0.25, -0.2) is 10.8 Å². The van der Waals surface area contributed by atoms with Crippen molar-refractivity contribution in [1.82, 2.24) is 4.98 Å². The zero-order chi connectivity index (χ0) is 15.1. The van der Waals surface area contributed by atoms with Crippen molar-refractivity contribution in [3.8, 4) is 11.5 Å². The summed E-state index contributed by atoms with van der Waals surface area (Å²) in [5, 5.41) is 3.31. The van der Waals surface area contributed by atoms with E-state index in [1.54, 1.807) is 20.4 Å². The minimum absolute atomic E-state index is 0.639. The second-order valence-electron chi connectivity index (χ2n) is 4.44. The molecule has 2 rings (SSSR count). The molecule has 0 radical (unpaired) electrons. The van der Waals surface area contributed by atoms with Crippen LogP contribution in [0.2, 0.25) is 0 Å². The van der Waals surface area contributed by atoms with Crippen molar-refractivity contribution in [3.05, 3.63) is 42.1 Å². The lowest BCUT2D eigenvalue weighted by atomic mass is 10.1. The van der Waals surface area contributed by atoms with Gasteiger partial charge in [-0.15, -0.1) is 0 Å². The number of aromatic nitrogens is 1. The summed E-state index contributed by atoms with van der Waals surface area (Å²) in [6.45, 7) is 0.798. The normalized spacial score (nSPS) is 10.0. The van der Waals surface area contributed by atoms with Crippen molar-refractivity contribution in [2.75, 3.05) is 31.5 Å². The van der Waals surface area contributed by atoms with Crippen molar-refractivity contribution >= 4 is 11.5 Å². The van der Waals surface area contributed by atoms with Gasteiger partial charge in [0.15, 0.2) is 11.5 Å². The molecular weight excluding hydrogens is 268 g/mol. The average Bonchev–Trinajstić information content (AvgIpc) is 2.55. The Hall–Kier alpha value is -2.47. The summed E-state index contributed by atoms with van der Waals surface area (Å²) in [7, 11) is 3.27. The summed E-state index contributed by atoms with van der Waals surface area (Å²) in [5.74, 6) is 7.40. The van der Waals surface area contributed by atoms with Gasteiger partial charge in [-0.3, -0.25) is 0 Å². The minimum Gasteiger partial charge on any atom is -0.493 e. The van der Waals surface area contributed by atoms with Gasteiger partial charge in [0.25, 0.3) is 0 Å². The lowest BCUT2D eigenvalue weighted by Gasteiger charge is -2.10. The third-order valence-electron chi connectivity index (χ3n) is 3.10. The van der Waals surface area contributed by atoms with E-state index in [1.165, 1.54) is 5.56 Å². The largest absolute Gasteiger partial charge is 0.493 e. The lowest BCUT2D eigenvalue weighted by molar-refractivity contribution is 0.354. The summed E-state index contributed by atoms with van der Waals surface area (Å²) < 4.78 is 10.5. The van der Waals surface area contributed by atoms with E-state index >= 15 is 0 Å². The Morgan fingerprint density at radius 3 is 2.52 bits per heavy atom. The molecule has 2 aromatic rings. The molecule has 0 spiro atoms. The molecule has 4 N–H and O–H groups in total. The highest BCUT2D eigenvalue weighted by Gasteiger charge is 2.04. The smallest absolute Gasteiger partial charge is 0.160 e. The number of nitrogens with two attached hydrogens (primary N) is 1. The Bertz CT molecular complexity index is 572. The quantitative estimate of drug-likeness (QED) is 0.534. The van der Waals surface area contributed by atoms with Crippen LogP contribution >= 0.6 is 0 Å². The number of hydrazine groups is 1. The van der Waals surface area contributed by atoms with Crippen molar-refractivity contribution < 1.29 is 9.47 Å². The van der Waals surface area contributed by atoms with Gasteiger partial charge < -0.3 is 20.2 Å². The molecule has 1 aromatic heterocycles. The van der Waals surface area contributed by atoms with Gasteiger partial charge in [0.05, 0.1) is 26.1 Å². The van der Waals surface area contributed by atoms with Crippen molar-refractivity contribution in [2.24, 2.45) is 5.84 Å². The fraction of sp³-hybridized carbons (Fsp3) is 0.267. The summed E-state index contributed by atoms with van der Waals surface area (Å²) in [6.07, 6.45) is 2.61. The molecule has 0 atom stereocenters. The standard InChI is InChI=1S/C15H20N4O2/c1-20-13-5-3-11(9-14(13)21-2)7-8-17-12-4-6-15(19-16)18-10-12/h3-6,9-10,17H,7-8,16H2,1-2H3,(H,18,19). The van der Waals surface area contributed by atoms with E-state index < -0.39 is 0 Å². The number of nitrogen functional groups attached to an aromatic ring is 1. The first-order valence-electron chi connectivity index (χ1n) is 6.64. The molecule has 0 fully saturated rings. The lowest BCUT2D eigenvalue weighted by Crippen LogP contribution is -2.09. The van der Waals surface area contributed by atoms with Crippen molar-refractivity contribution in [2.45, 2.75) is 6.42 Å².